The van der Waals surface area contributed by atoms with Crippen molar-refractivity contribution in [3.05, 3.63) is 52.0 Å². The number of carbonyl (C=O) groups excluding carboxylic acids is 2. The summed E-state index contributed by atoms with van der Waals surface area (Å²) in [7, 11) is 0. The molecule has 1 unspecified atom stereocenters. The molecule has 0 aliphatic carbocycles. The van der Waals surface area contributed by atoms with Crippen LogP contribution >= 0.6 is 23.1 Å². The maximum Gasteiger partial charge on any atom is 0.245 e. The van der Waals surface area contributed by atoms with Gasteiger partial charge in [-0.05, 0) is 54.1 Å². The molecule has 1 N–H and O–H groups in total. The molecular weight excluding hydrogens is 383 g/mol. The molecule has 4 nitrogen and oxygen atoms in total. The second-order valence-electron chi connectivity index (χ2n) is 6.53. The number of hydrogen-bond acceptors (Lipinski definition) is 4. The molecule has 1 aromatic carbocycles. The number of amides is 2. The average molecular weight is 407 g/mol. The van der Waals surface area contributed by atoms with Crippen molar-refractivity contribution in [2.75, 3.05) is 12.3 Å². The molecule has 1 aliphatic rings. The van der Waals surface area contributed by atoms with Crippen LogP contribution in [0.4, 0.5) is 4.39 Å². The lowest BCUT2D eigenvalue weighted by molar-refractivity contribution is -0.137. The number of rotatable bonds is 7. The van der Waals surface area contributed by atoms with E-state index in [1.54, 1.807) is 23.5 Å². The van der Waals surface area contributed by atoms with E-state index in [4.69, 9.17) is 0 Å². The minimum Gasteiger partial charge on any atom is -0.344 e. The number of nitrogens with zero attached hydrogens (tertiary/aromatic N) is 1. The van der Waals surface area contributed by atoms with E-state index < -0.39 is 6.04 Å². The summed E-state index contributed by atoms with van der Waals surface area (Å²) in [4.78, 5) is 29.3. The van der Waals surface area contributed by atoms with Crippen molar-refractivity contribution in [3.8, 4) is 0 Å². The van der Waals surface area contributed by atoms with E-state index in [0.717, 1.165) is 17.7 Å². The molecule has 0 bridgehead atoms. The average Bonchev–Trinajstić information content (AvgIpc) is 3.14. The lowest BCUT2D eigenvalue weighted by atomic mass is 10.1. The first-order chi connectivity index (χ1) is 13.1. The normalized spacial score (nSPS) is 14.5. The van der Waals surface area contributed by atoms with Gasteiger partial charge >= 0.3 is 0 Å². The van der Waals surface area contributed by atoms with Crippen LogP contribution in [0.5, 0.6) is 0 Å². The van der Waals surface area contributed by atoms with Crippen LogP contribution in [0.3, 0.4) is 0 Å². The first kappa shape index (κ1) is 19.9. The SMILES string of the molecule is CCCC(NC(=O)CSc1ccc(F)cc1)C(=O)N1CCc2sccc2C1. The van der Waals surface area contributed by atoms with Gasteiger partial charge in [0.25, 0.3) is 0 Å². The van der Waals surface area contributed by atoms with Gasteiger partial charge in [-0.3, -0.25) is 9.59 Å². The molecule has 2 amide bonds. The summed E-state index contributed by atoms with van der Waals surface area (Å²) in [5, 5.41) is 4.96. The molecule has 144 valence electrons. The van der Waals surface area contributed by atoms with E-state index in [1.807, 2.05) is 11.8 Å². The summed E-state index contributed by atoms with van der Waals surface area (Å²) >= 11 is 3.07. The Balaban J connectivity index is 1.55. The number of thioether (sulfide) groups is 1. The highest BCUT2D eigenvalue weighted by Gasteiger charge is 2.28. The van der Waals surface area contributed by atoms with Crippen LogP contribution in [0, 0.1) is 5.82 Å². The standard InChI is InChI=1S/C20H23FN2O2S2/c1-2-3-17(20(25)23-10-8-18-14(12-23)9-11-26-18)22-19(24)13-27-16-6-4-15(21)5-7-16/h4-7,9,11,17H,2-3,8,10,12-13H2,1H3,(H,22,24). The van der Waals surface area contributed by atoms with E-state index >= 15 is 0 Å². The summed E-state index contributed by atoms with van der Waals surface area (Å²) in [6.07, 6.45) is 2.32. The Morgan fingerprint density at radius 1 is 1.30 bits per heavy atom. The Morgan fingerprint density at radius 2 is 2.07 bits per heavy atom. The van der Waals surface area contributed by atoms with Gasteiger partial charge in [0, 0.05) is 22.9 Å². The van der Waals surface area contributed by atoms with Gasteiger partial charge in [0.2, 0.25) is 11.8 Å². The Kier molecular flexibility index (Phi) is 6.90. The third-order valence-corrected chi connectivity index (χ3v) is 6.55. The maximum atomic E-state index is 12.9. The van der Waals surface area contributed by atoms with Crippen LogP contribution in [0.25, 0.3) is 0 Å². The Morgan fingerprint density at radius 3 is 2.81 bits per heavy atom. The molecule has 0 saturated carbocycles. The van der Waals surface area contributed by atoms with Gasteiger partial charge in [-0.25, -0.2) is 4.39 Å². The third-order valence-electron chi connectivity index (χ3n) is 4.51. The van der Waals surface area contributed by atoms with Crippen molar-refractivity contribution in [1.29, 1.82) is 0 Å². The van der Waals surface area contributed by atoms with Gasteiger partial charge in [-0.2, -0.15) is 0 Å². The molecule has 0 fully saturated rings. The molecular formula is C20H23FN2O2S2. The molecule has 2 heterocycles. The molecule has 3 rings (SSSR count). The van der Waals surface area contributed by atoms with Gasteiger partial charge in [0.15, 0.2) is 0 Å². The lowest BCUT2D eigenvalue weighted by Gasteiger charge is -2.30. The number of benzene rings is 1. The zero-order chi connectivity index (χ0) is 19.2. The summed E-state index contributed by atoms with van der Waals surface area (Å²) < 4.78 is 12.9. The van der Waals surface area contributed by atoms with Gasteiger partial charge in [0.05, 0.1) is 5.75 Å². The zero-order valence-electron chi connectivity index (χ0n) is 15.2. The maximum absolute atomic E-state index is 12.9. The molecule has 27 heavy (non-hydrogen) atoms. The van der Waals surface area contributed by atoms with Crippen LogP contribution in [-0.2, 0) is 22.6 Å². The summed E-state index contributed by atoms with van der Waals surface area (Å²) in [5.41, 5.74) is 1.22. The molecule has 1 atom stereocenters. The quantitative estimate of drug-likeness (QED) is 0.711. The smallest absolute Gasteiger partial charge is 0.245 e. The van der Waals surface area contributed by atoms with Crippen LogP contribution in [0.1, 0.15) is 30.2 Å². The second kappa shape index (κ2) is 9.37. The largest absolute Gasteiger partial charge is 0.344 e. The highest BCUT2D eigenvalue weighted by molar-refractivity contribution is 8.00. The number of thiophene rings is 1. The first-order valence-electron chi connectivity index (χ1n) is 9.08. The van der Waals surface area contributed by atoms with E-state index in [0.29, 0.717) is 19.5 Å². The van der Waals surface area contributed by atoms with Crippen molar-refractivity contribution in [2.24, 2.45) is 0 Å². The topological polar surface area (TPSA) is 49.4 Å². The van der Waals surface area contributed by atoms with E-state index in [1.165, 1.54) is 34.3 Å². The Hall–Kier alpha value is -1.86. The van der Waals surface area contributed by atoms with Gasteiger partial charge in [-0.15, -0.1) is 23.1 Å². The number of nitrogens with one attached hydrogen (secondary N) is 1. The zero-order valence-corrected chi connectivity index (χ0v) is 16.9. The number of carbonyl (C=O) groups is 2. The predicted molar refractivity (Wildman–Crippen MR) is 107 cm³/mol. The molecule has 1 aliphatic heterocycles. The predicted octanol–water partition coefficient (Wildman–Crippen LogP) is 3.85. The van der Waals surface area contributed by atoms with Crippen LogP contribution in [0.2, 0.25) is 0 Å². The monoisotopic (exact) mass is 406 g/mol. The van der Waals surface area contributed by atoms with Crippen molar-refractivity contribution >= 4 is 34.9 Å². The van der Waals surface area contributed by atoms with Crippen molar-refractivity contribution in [1.82, 2.24) is 10.2 Å². The number of hydrogen-bond donors (Lipinski definition) is 1. The summed E-state index contributed by atoms with van der Waals surface area (Å²) in [6.45, 7) is 3.33. The van der Waals surface area contributed by atoms with Crippen LogP contribution in [0.15, 0.2) is 40.6 Å². The van der Waals surface area contributed by atoms with Gasteiger partial charge < -0.3 is 10.2 Å². The van der Waals surface area contributed by atoms with Crippen LogP contribution in [-0.4, -0.2) is 35.1 Å². The molecule has 2 aromatic rings. The first-order valence-corrected chi connectivity index (χ1v) is 10.9. The Bertz CT molecular complexity index is 792. The number of halogens is 1. The summed E-state index contributed by atoms with van der Waals surface area (Å²) in [6, 6.07) is 7.63. The fraction of sp³-hybridized carbons (Fsp3) is 0.400. The fourth-order valence-corrected chi connectivity index (χ4v) is 4.72. The summed E-state index contributed by atoms with van der Waals surface area (Å²) in [5.74, 6) is -0.278. The van der Waals surface area contributed by atoms with Gasteiger partial charge in [-0.1, -0.05) is 13.3 Å². The Labute approximate surface area is 167 Å². The second-order valence-corrected chi connectivity index (χ2v) is 8.58. The third kappa shape index (κ3) is 5.32. The fourth-order valence-electron chi connectivity index (χ4n) is 3.12. The molecule has 7 heteroatoms. The highest BCUT2D eigenvalue weighted by atomic mass is 32.2. The molecule has 0 saturated heterocycles. The lowest BCUT2D eigenvalue weighted by Crippen LogP contribution is -2.50. The minimum absolute atomic E-state index is 0.00571. The van der Waals surface area contributed by atoms with Crippen molar-refractivity contribution < 1.29 is 14.0 Å². The van der Waals surface area contributed by atoms with Crippen LogP contribution < -0.4 is 5.32 Å². The van der Waals surface area contributed by atoms with E-state index in [2.05, 4.69) is 16.8 Å². The highest BCUT2D eigenvalue weighted by Crippen LogP contribution is 2.25. The molecule has 0 spiro atoms. The van der Waals surface area contributed by atoms with E-state index in [-0.39, 0.29) is 23.4 Å². The van der Waals surface area contributed by atoms with E-state index in [9.17, 15) is 14.0 Å². The minimum atomic E-state index is -0.489. The van der Waals surface area contributed by atoms with Crippen molar-refractivity contribution in [3.63, 3.8) is 0 Å². The van der Waals surface area contributed by atoms with Gasteiger partial charge in [0.1, 0.15) is 11.9 Å². The van der Waals surface area contributed by atoms with Crippen molar-refractivity contribution in [2.45, 2.75) is 43.7 Å². The molecule has 1 aromatic heterocycles. The molecule has 0 radical (unpaired) electrons. The number of fused-ring (bicyclic) bond motifs is 1.